The SMILES string of the molecule is CN1CCC(N2CCN(C(=O)C(Cc3ccc4[nH]ccc4c3)NC(=O)N3CCC(N4CCc5ccccc5NC4=O)CC3)CC2)CC1. The molecule has 2 aromatic carbocycles. The van der Waals surface area contributed by atoms with E-state index in [9.17, 15) is 14.4 Å². The van der Waals surface area contributed by atoms with Gasteiger partial charge in [0.25, 0.3) is 0 Å². The predicted molar refractivity (Wildman–Crippen MR) is 183 cm³/mol. The number of urea groups is 2. The van der Waals surface area contributed by atoms with Crippen molar-refractivity contribution in [1.82, 2.24) is 34.8 Å². The van der Waals surface area contributed by atoms with Gasteiger partial charge in [0.15, 0.2) is 0 Å². The number of anilines is 1. The number of piperidine rings is 2. The predicted octanol–water partition coefficient (Wildman–Crippen LogP) is 3.58. The molecule has 3 aromatic rings. The lowest BCUT2D eigenvalue weighted by molar-refractivity contribution is -0.135. The molecule has 4 aliphatic rings. The second-order valence-corrected chi connectivity index (χ2v) is 13.8. The molecule has 0 saturated carbocycles. The topological polar surface area (TPSA) is 107 Å². The largest absolute Gasteiger partial charge is 0.361 e. The minimum absolute atomic E-state index is 0.00812. The Balaban J connectivity index is 0.981. The third-order valence-corrected chi connectivity index (χ3v) is 10.8. The summed E-state index contributed by atoms with van der Waals surface area (Å²) >= 11 is 0. The summed E-state index contributed by atoms with van der Waals surface area (Å²) in [6.07, 6.45) is 6.93. The van der Waals surface area contributed by atoms with Gasteiger partial charge in [0.1, 0.15) is 6.04 Å². The first kappa shape index (κ1) is 31.5. The van der Waals surface area contributed by atoms with E-state index in [2.05, 4.69) is 44.6 Å². The van der Waals surface area contributed by atoms with E-state index in [0.29, 0.717) is 58.0 Å². The van der Waals surface area contributed by atoms with Gasteiger partial charge in [-0.25, -0.2) is 9.59 Å². The molecule has 11 nitrogen and oxygen atoms in total. The molecule has 3 fully saturated rings. The number of nitrogens with zero attached hydrogens (tertiary/aromatic N) is 5. The van der Waals surface area contributed by atoms with Crippen LogP contribution in [0, 0.1) is 0 Å². The Morgan fingerprint density at radius 3 is 2.38 bits per heavy atom. The van der Waals surface area contributed by atoms with Crippen molar-refractivity contribution < 1.29 is 14.4 Å². The van der Waals surface area contributed by atoms with Crippen molar-refractivity contribution in [1.29, 1.82) is 0 Å². The number of para-hydroxylation sites is 1. The molecule has 0 aliphatic carbocycles. The Bertz CT molecular complexity index is 1570. The summed E-state index contributed by atoms with van der Waals surface area (Å²) in [5.41, 5.74) is 4.10. The van der Waals surface area contributed by atoms with Gasteiger partial charge in [0.05, 0.1) is 0 Å². The zero-order chi connectivity index (χ0) is 32.3. The number of hydrogen-bond acceptors (Lipinski definition) is 5. The first-order valence-electron chi connectivity index (χ1n) is 17.4. The molecule has 250 valence electrons. The Morgan fingerprint density at radius 2 is 1.60 bits per heavy atom. The van der Waals surface area contributed by atoms with Crippen LogP contribution in [0.2, 0.25) is 0 Å². The lowest BCUT2D eigenvalue weighted by atomic mass is 10.0. The lowest BCUT2D eigenvalue weighted by Crippen LogP contribution is -2.59. The Kier molecular flexibility index (Phi) is 9.35. The Hall–Kier alpha value is -4.09. The molecule has 11 heteroatoms. The molecule has 1 unspecified atom stereocenters. The van der Waals surface area contributed by atoms with Crippen LogP contribution in [0.25, 0.3) is 10.9 Å². The van der Waals surface area contributed by atoms with Gasteiger partial charge in [-0.05, 0) is 93.0 Å². The molecule has 5 amide bonds. The fourth-order valence-corrected chi connectivity index (χ4v) is 7.91. The number of piperazine rings is 1. The maximum absolute atomic E-state index is 14.1. The zero-order valence-corrected chi connectivity index (χ0v) is 27.5. The Morgan fingerprint density at radius 1 is 0.851 bits per heavy atom. The zero-order valence-electron chi connectivity index (χ0n) is 27.5. The molecule has 1 atom stereocenters. The number of aromatic amines is 1. The van der Waals surface area contributed by atoms with Crippen LogP contribution in [-0.2, 0) is 17.6 Å². The van der Waals surface area contributed by atoms with E-state index in [1.165, 1.54) is 12.8 Å². The highest BCUT2D eigenvalue weighted by molar-refractivity contribution is 5.91. The van der Waals surface area contributed by atoms with Crippen LogP contribution in [0.3, 0.4) is 0 Å². The average molecular weight is 641 g/mol. The summed E-state index contributed by atoms with van der Waals surface area (Å²) in [4.78, 5) is 54.8. The highest BCUT2D eigenvalue weighted by Gasteiger charge is 2.35. The number of aromatic nitrogens is 1. The summed E-state index contributed by atoms with van der Waals surface area (Å²) in [7, 11) is 2.19. The van der Waals surface area contributed by atoms with E-state index in [1.807, 2.05) is 57.3 Å². The average Bonchev–Trinajstić information content (AvgIpc) is 3.50. The first-order valence-corrected chi connectivity index (χ1v) is 17.4. The van der Waals surface area contributed by atoms with Crippen molar-refractivity contribution in [3.05, 3.63) is 65.9 Å². The normalized spacial score (nSPS) is 21.3. The van der Waals surface area contributed by atoms with E-state index in [0.717, 1.165) is 60.3 Å². The lowest BCUT2D eigenvalue weighted by Gasteiger charge is -2.43. The number of amides is 5. The highest BCUT2D eigenvalue weighted by Crippen LogP contribution is 2.25. The van der Waals surface area contributed by atoms with Crippen molar-refractivity contribution in [2.75, 3.05) is 71.3 Å². The molecule has 5 heterocycles. The van der Waals surface area contributed by atoms with Crippen LogP contribution in [0.1, 0.15) is 36.8 Å². The summed E-state index contributed by atoms with van der Waals surface area (Å²) in [5.74, 6) is -0.00812. The second kappa shape index (κ2) is 13.9. The van der Waals surface area contributed by atoms with Crippen molar-refractivity contribution in [2.45, 2.75) is 56.7 Å². The highest BCUT2D eigenvalue weighted by atomic mass is 16.2. The van der Waals surface area contributed by atoms with Crippen molar-refractivity contribution in [2.24, 2.45) is 0 Å². The van der Waals surface area contributed by atoms with Crippen LogP contribution in [0.15, 0.2) is 54.7 Å². The molecule has 47 heavy (non-hydrogen) atoms. The van der Waals surface area contributed by atoms with Gasteiger partial charge in [-0.2, -0.15) is 0 Å². The number of hydrogen-bond donors (Lipinski definition) is 3. The number of likely N-dealkylation sites (tertiary alicyclic amines) is 2. The van der Waals surface area contributed by atoms with Crippen molar-refractivity contribution >= 4 is 34.6 Å². The fourth-order valence-electron chi connectivity index (χ4n) is 7.91. The van der Waals surface area contributed by atoms with Gasteiger partial charge in [-0.1, -0.05) is 24.3 Å². The standard InChI is InChI=1S/C36H48N8O3/c1-40-15-10-29(11-16-40)41-20-22-42(23-21-41)34(45)33(25-26-6-7-31-28(24-26)8-14-37-31)39-35(46)43-17-12-30(13-18-43)44-19-9-27-4-2-3-5-32(27)38-36(44)47/h2-8,14,24,29-30,33,37H,9-13,15-23,25H2,1H3,(H,38,47)(H,39,46). The van der Waals surface area contributed by atoms with Gasteiger partial charge in [-0.15, -0.1) is 0 Å². The number of benzene rings is 2. The maximum Gasteiger partial charge on any atom is 0.322 e. The number of carbonyl (C=O) groups excluding carboxylic acids is 3. The van der Waals surface area contributed by atoms with Crippen molar-refractivity contribution in [3.8, 4) is 0 Å². The van der Waals surface area contributed by atoms with E-state index < -0.39 is 6.04 Å². The van der Waals surface area contributed by atoms with Crippen LogP contribution < -0.4 is 10.6 Å². The maximum atomic E-state index is 14.1. The van der Waals surface area contributed by atoms with E-state index in [1.54, 1.807) is 0 Å². The number of nitrogens with one attached hydrogen (secondary N) is 3. The first-order chi connectivity index (χ1) is 22.9. The molecule has 3 N–H and O–H groups in total. The summed E-state index contributed by atoms with van der Waals surface area (Å²) in [6, 6.07) is 15.9. The molecule has 1 aromatic heterocycles. The van der Waals surface area contributed by atoms with Crippen LogP contribution in [0.5, 0.6) is 0 Å². The molecule has 4 aliphatic heterocycles. The van der Waals surface area contributed by atoms with Crippen LogP contribution in [0.4, 0.5) is 15.3 Å². The summed E-state index contributed by atoms with van der Waals surface area (Å²) in [6.45, 7) is 7.10. The molecule has 0 spiro atoms. The number of H-pyrrole nitrogens is 1. The second-order valence-electron chi connectivity index (χ2n) is 13.8. The number of carbonyl (C=O) groups is 3. The number of fused-ring (bicyclic) bond motifs is 2. The van der Waals surface area contributed by atoms with Gasteiger partial charge in [0, 0.05) is 81.7 Å². The van der Waals surface area contributed by atoms with Gasteiger partial charge >= 0.3 is 12.1 Å². The number of rotatable bonds is 6. The quantitative estimate of drug-likeness (QED) is 0.382. The monoisotopic (exact) mass is 640 g/mol. The van der Waals surface area contributed by atoms with Crippen LogP contribution >= 0.6 is 0 Å². The van der Waals surface area contributed by atoms with Crippen molar-refractivity contribution in [3.63, 3.8) is 0 Å². The molecule has 0 radical (unpaired) electrons. The molecule has 3 saturated heterocycles. The van der Waals surface area contributed by atoms with Gasteiger partial charge < -0.3 is 35.2 Å². The summed E-state index contributed by atoms with van der Waals surface area (Å²) < 4.78 is 0. The summed E-state index contributed by atoms with van der Waals surface area (Å²) in [5, 5.41) is 7.32. The Labute approximate surface area is 277 Å². The molecule has 0 bridgehead atoms. The van der Waals surface area contributed by atoms with E-state index in [4.69, 9.17) is 0 Å². The molecule has 7 rings (SSSR count). The van der Waals surface area contributed by atoms with Gasteiger partial charge in [-0.3, -0.25) is 9.69 Å². The van der Waals surface area contributed by atoms with Crippen LogP contribution in [-0.4, -0.2) is 132 Å². The smallest absolute Gasteiger partial charge is 0.322 e. The minimum Gasteiger partial charge on any atom is -0.361 e. The molecular weight excluding hydrogens is 592 g/mol. The van der Waals surface area contributed by atoms with E-state index >= 15 is 0 Å². The minimum atomic E-state index is -0.651. The third-order valence-electron chi connectivity index (χ3n) is 10.8. The molecular formula is C36H48N8O3. The fraction of sp³-hybridized carbons (Fsp3) is 0.528. The van der Waals surface area contributed by atoms with E-state index in [-0.39, 0.29) is 24.0 Å². The van der Waals surface area contributed by atoms with Gasteiger partial charge in [0.2, 0.25) is 5.91 Å². The third kappa shape index (κ3) is 7.11.